The largest absolute Gasteiger partial charge is 0.374 e. The molecule has 3 heteroatoms. The van der Waals surface area contributed by atoms with E-state index in [4.69, 9.17) is 0 Å². The molecule has 0 aliphatic carbocycles. The number of rotatable bonds is 8. The molecule has 0 aromatic heterocycles. The van der Waals surface area contributed by atoms with Gasteiger partial charge < -0.3 is 10.2 Å². The van der Waals surface area contributed by atoms with Crippen molar-refractivity contribution in [3.63, 3.8) is 0 Å². The van der Waals surface area contributed by atoms with Gasteiger partial charge in [-0.2, -0.15) is 0 Å². The number of carbonyl (C=O) groups is 1. The molecular formula is C17H26N2O. The van der Waals surface area contributed by atoms with Gasteiger partial charge in [0.2, 0.25) is 5.91 Å². The van der Waals surface area contributed by atoms with Crippen LogP contribution in [0.25, 0.3) is 0 Å². The van der Waals surface area contributed by atoms with Crippen LogP contribution in [0, 0.1) is 0 Å². The highest BCUT2D eigenvalue weighted by Gasteiger charge is 2.22. The van der Waals surface area contributed by atoms with Crippen LogP contribution in [0.3, 0.4) is 0 Å². The summed E-state index contributed by atoms with van der Waals surface area (Å²) in [6.07, 6.45) is 8.96. The Morgan fingerprint density at radius 1 is 1.05 bits per heavy atom. The van der Waals surface area contributed by atoms with Crippen LogP contribution in [0.5, 0.6) is 0 Å². The maximum Gasteiger partial charge on any atom is 0.246 e. The van der Waals surface area contributed by atoms with E-state index in [0.717, 1.165) is 24.3 Å². The number of hydrogen-bond donors (Lipinski definition) is 1. The van der Waals surface area contributed by atoms with Gasteiger partial charge in [-0.05, 0) is 18.6 Å². The summed E-state index contributed by atoms with van der Waals surface area (Å²) in [7, 11) is 0. The minimum absolute atomic E-state index is 0.190. The summed E-state index contributed by atoms with van der Waals surface area (Å²) in [6, 6.07) is 8.07. The van der Waals surface area contributed by atoms with E-state index in [2.05, 4.69) is 12.2 Å². The van der Waals surface area contributed by atoms with Crippen LogP contribution < -0.4 is 10.2 Å². The standard InChI is InChI=1S/C17H26N2O/c1-2-3-4-5-6-7-10-13-19-16-12-9-8-11-15(16)18-14-17(19)20/h8-9,11-12,18H,2-7,10,13-14H2,1H3. The van der Waals surface area contributed by atoms with Crippen molar-refractivity contribution in [2.45, 2.75) is 51.9 Å². The van der Waals surface area contributed by atoms with Crippen molar-refractivity contribution < 1.29 is 4.79 Å². The summed E-state index contributed by atoms with van der Waals surface area (Å²) in [5.41, 5.74) is 2.12. The van der Waals surface area contributed by atoms with Gasteiger partial charge >= 0.3 is 0 Å². The molecule has 0 unspecified atom stereocenters. The number of nitrogens with zero attached hydrogens (tertiary/aromatic N) is 1. The summed E-state index contributed by atoms with van der Waals surface area (Å²) in [5.74, 6) is 0.190. The molecule has 3 nitrogen and oxygen atoms in total. The van der Waals surface area contributed by atoms with Gasteiger partial charge in [-0.1, -0.05) is 57.6 Å². The number of nitrogens with one attached hydrogen (secondary N) is 1. The van der Waals surface area contributed by atoms with Crippen LogP contribution in [0.4, 0.5) is 11.4 Å². The van der Waals surface area contributed by atoms with Crippen molar-refractivity contribution in [2.75, 3.05) is 23.3 Å². The van der Waals surface area contributed by atoms with Gasteiger partial charge in [-0.3, -0.25) is 4.79 Å². The zero-order chi connectivity index (χ0) is 14.2. The van der Waals surface area contributed by atoms with Gasteiger partial charge in [0.1, 0.15) is 0 Å². The number of anilines is 2. The van der Waals surface area contributed by atoms with Crippen molar-refractivity contribution in [1.29, 1.82) is 0 Å². The molecule has 2 rings (SSSR count). The highest BCUT2D eigenvalue weighted by Crippen LogP contribution is 2.29. The van der Waals surface area contributed by atoms with Gasteiger partial charge in [0.15, 0.2) is 0 Å². The fourth-order valence-electron chi connectivity index (χ4n) is 2.73. The highest BCUT2D eigenvalue weighted by atomic mass is 16.2. The molecule has 1 amide bonds. The van der Waals surface area contributed by atoms with Crippen molar-refractivity contribution in [3.8, 4) is 0 Å². The molecule has 0 atom stereocenters. The minimum Gasteiger partial charge on any atom is -0.374 e. The second kappa shape index (κ2) is 7.93. The molecule has 0 radical (unpaired) electrons. The molecule has 110 valence electrons. The van der Waals surface area contributed by atoms with E-state index >= 15 is 0 Å². The third-order valence-electron chi connectivity index (χ3n) is 3.91. The lowest BCUT2D eigenvalue weighted by atomic mass is 10.1. The highest BCUT2D eigenvalue weighted by molar-refractivity contribution is 6.02. The molecule has 1 heterocycles. The zero-order valence-corrected chi connectivity index (χ0v) is 12.5. The third kappa shape index (κ3) is 3.99. The van der Waals surface area contributed by atoms with Gasteiger partial charge in [0.05, 0.1) is 17.9 Å². The molecule has 1 aliphatic rings. The number of para-hydroxylation sites is 2. The maximum atomic E-state index is 12.0. The van der Waals surface area contributed by atoms with Crippen LogP contribution in [-0.4, -0.2) is 19.0 Å². The Kier molecular flexibility index (Phi) is 5.90. The predicted molar refractivity (Wildman–Crippen MR) is 85.3 cm³/mol. The molecule has 1 aromatic carbocycles. The van der Waals surface area contributed by atoms with E-state index in [9.17, 15) is 4.79 Å². The van der Waals surface area contributed by atoms with E-state index < -0.39 is 0 Å². The first-order chi connectivity index (χ1) is 9.83. The van der Waals surface area contributed by atoms with Gasteiger partial charge in [0.25, 0.3) is 0 Å². The SMILES string of the molecule is CCCCCCCCCN1C(=O)CNc2ccccc21. The third-order valence-corrected chi connectivity index (χ3v) is 3.91. The minimum atomic E-state index is 0.190. The molecular weight excluding hydrogens is 248 g/mol. The smallest absolute Gasteiger partial charge is 0.246 e. The number of benzene rings is 1. The van der Waals surface area contributed by atoms with Gasteiger partial charge in [-0.15, -0.1) is 0 Å². The Labute approximate surface area is 122 Å². The Morgan fingerprint density at radius 3 is 2.55 bits per heavy atom. The molecule has 0 spiro atoms. The van der Waals surface area contributed by atoms with Gasteiger partial charge in [-0.25, -0.2) is 0 Å². The number of unbranched alkanes of at least 4 members (excludes halogenated alkanes) is 6. The van der Waals surface area contributed by atoms with Crippen molar-refractivity contribution in [1.82, 2.24) is 0 Å². The Balaban J connectivity index is 1.76. The second-order valence-corrected chi connectivity index (χ2v) is 5.54. The van der Waals surface area contributed by atoms with E-state index in [1.807, 2.05) is 29.2 Å². The first-order valence-corrected chi connectivity index (χ1v) is 7.96. The molecule has 0 fully saturated rings. The summed E-state index contributed by atoms with van der Waals surface area (Å²) >= 11 is 0. The average Bonchev–Trinajstić information content (AvgIpc) is 2.48. The molecule has 1 N–H and O–H groups in total. The molecule has 0 saturated carbocycles. The molecule has 0 saturated heterocycles. The summed E-state index contributed by atoms with van der Waals surface area (Å²) < 4.78 is 0. The normalized spacial score (nSPS) is 14.1. The van der Waals surface area contributed by atoms with Crippen LogP contribution in [0.15, 0.2) is 24.3 Å². The lowest BCUT2D eigenvalue weighted by Gasteiger charge is -2.30. The van der Waals surface area contributed by atoms with Gasteiger partial charge in [0, 0.05) is 6.54 Å². The molecule has 1 aromatic rings. The second-order valence-electron chi connectivity index (χ2n) is 5.54. The molecule has 1 aliphatic heterocycles. The van der Waals surface area contributed by atoms with E-state index in [1.165, 1.54) is 38.5 Å². The average molecular weight is 274 g/mol. The van der Waals surface area contributed by atoms with Crippen molar-refractivity contribution in [3.05, 3.63) is 24.3 Å². The first-order valence-electron chi connectivity index (χ1n) is 7.96. The number of hydrogen-bond acceptors (Lipinski definition) is 2. The van der Waals surface area contributed by atoms with E-state index in [-0.39, 0.29) is 5.91 Å². The molecule has 20 heavy (non-hydrogen) atoms. The lowest BCUT2D eigenvalue weighted by Crippen LogP contribution is -2.40. The van der Waals surface area contributed by atoms with Crippen molar-refractivity contribution >= 4 is 17.3 Å². The summed E-state index contributed by atoms with van der Waals surface area (Å²) in [5, 5.41) is 3.18. The number of carbonyl (C=O) groups excluding carboxylic acids is 1. The predicted octanol–water partition coefficient (Wildman–Crippen LogP) is 4.20. The quantitative estimate of drug-likeness (QED) is 0.721. The fourth-order valence-corrected chi connectivity index (χ4v) is 2.73. The Bertz CT molecular complexity index is 431. The monoisotopic (exact) mass is 274 g/mol. The lowest BCUT2D eigenvalue weighted by molar-refractivity contribution is -0.117. The molecule has 0 bridgehead atoms. The zero-order valence-electron chi connectivity index (χ0n) is 12.5. The fraction of sp³-hybridized carbons (Fsp3) is 0.588. The van der Waals surface area contributed by atoms with E-state index in [0.29, 0.717) is 6.54 Å². The Morgan fingerprint density at radius 2 is 1.75 bits per heavy atom. The van der Waals surface area contributed by atoms with Crippen LogP contribution in [-0.2, 0) is 4.79 Å². The first kappa shape index (κ1) is 14.9. The number of fused-ring (bicyclic) bond motifs is 1. The number of amides is 1. The van der Waals surface area contributed by atoms with Crippen molar-refractivity contribution in [2.24, 2.45) is 0 Å². The summed E-state index contributed by atoms with van der Waals surface area (Å²) in [4.78, 5) is 14.0. The van der Waals surface area contributed by atoms with Crippen LogP contribution in [0.1, 0.15) is 51.9 Å². The summed E-state index contributed by atoms with van der Waals surface area (Å²) in [6.45, 7) is 3.52. The Hall–Kier alpha value is -1.51. The van der Waals surface area contributed by atoms with Crippen LogP contribution in [0.2, 0.25) is 0 Å². The van der Waals surface area contributed by atoms with E-state index in [1.54, 1.807) is 0 Å². The topological polar surface area (TPSA) is 32.3 Å². The van der Waals surface area contributed by atoms with Crippen LogP contribution >= 0.6 is 0 Å². The maximum absolute atomic E-state index is 12.0.